The summed E-state index contributed by atoms with van der Waals surface area (Å²) in [4.78, 5) is 12.7. The lowest BCUT2D eigenvalue weighted by Gasteiger charge is -2.27. The lowest BCUT2D eigenvalue weighted by atomic mass is 9.94. The van der Waals surface area contributed by atoms with Crippen LogP contribution in [-0.2, 0) is 11.2 Å². The maximum atomic E-state index is 12.7. The first kappa shape index (κ1) is 14.5. The van der Waals surface area contributed by atoms with Gasteiger partial charge in [0.05, 0.1) is 0 Å². The van der Waals surface area contributed by atoms with Crippen molar-refractivity contribution in [2.45, 2.75) is 25.8 Å². The highest BCUT2D eigenvalue weighted by Crippen LogP contribution is 2.51. The molecular weight excluding hydrogens is 306 g/mol. The third-order valence-corrected chi connectivity index (χ3v) is 4.79. The lowest BCUT2D eigenvalue weighted by molar-refractivity contribution is -0.118. The number of carbonyl (C=O) groups excluding carboxylic acids is 1. The van der Waals surface area contributed by atoms with E-state index in [0.717, 1.165) is 28.2 Å². The quantitative estimate of drug-likeness (QED) is 0.886. The maximum absolute atomic E-state index is 12.7. The van der Waals surface area contributed by atoms with Gasteiger partial charge in [0.25, 0.3) is 5.91 Å². The van der Waals surface area contributed by atoms with Gasteiger partial charge in [-0.15, -0.1) is 0 Å². The number of rotatable bonds is 4. The molecule has 23 heavy (non-hydrogen) atoms. The van der Waals surface area contributed by atoms with Crippen LogP contribution in [0, 0.1) is 5.92 Å². The number of hydrogen-bond acceptors (Lipinski definition) is 1. The molecular formula is C20H18ClNO. The molecule has 4 rings (SSSR count). The summed E-state index contributed by atoms with van der Waals surface area (Å²) in [6.45, 7) is 4.10. The molecule has 1 N–H and O–H groups in total. The number of carbonyl (C=O) groups is 1. The molecule has 0 saturated heterocycles. The van der Waals surface area contributed by atoms with Gasteiger partial charge in [-0.1, -0.05) is 35.9 Å². The first-order chi connectivity index (χ1) is 10.9. The van der Waals surface area contributed by atoms with Crippen LogP contribution in [0.15, 0.2) is 70.9 Å². The van der Waals surface area contributed by atoms with Crippen molar-refractivity contribution in [3.63, 3.8) is 0 Å². The van der Waals surface area contributed by atoms with E-state index in [1.807, 2.05) is 44.2 Å². The molecule has 0 saturated carbocycles. The standard InChI is InChI=1S/C20H18ClNO/c1-20(2,11-12-3-5-14(21)6-4-12)22-19(23)16-8-7-15-17-9-13(17)10-18(15)16/h3-10,17H,11H2,1-2H3,(H,22,23). The molecule has 3 heteroatoms. The van der Waals surface area contributed by atoms with Crippen molar-refractivity contribution in [3.8, 4) is 0 Å². The molecule has 0 aromatic heterocycles. The average Bonchev–Trinajstić information content (AvgIpc) is 2.96. The highest BCUT2D eigenvalue weighted by atomic mass is 35.5. The molecule has 1 aromatic carbocycles. The molecule has 0 bridgehead atoms. The summed E-state index contributed by atoms with van der Waals surface area (Å²) in [6, 6.07) is 7.77. The Bertz CT molecular complexity index is 822. The van der Waals surface area contributed by atoms with E-state index in [0.29, 0.717) is 5.92 Å². The molecule has 1 atom stereocenters. The number of nitrogens with one attached hydrogen (secondary N) is 1. The van der Waals surface area contributed by atoms with Crippen LogP contribution in [0.25, 0.3) is 0 Å². The maximum Gasteiger partial charge on any atom is 0.252 e. The van der Waals surface area contributed by atoms with E-state index in [2.05, 4.69) is 23.5 Å². The summed E-state index contributed by atoms with van der Waals surface area (Å²) in [7, 11) is 0. The zero-order valence-electron chi connectivity index (χ0n) is 13.2. The topological polar surface area (TPSA) is 29.1 Å². The van der Waals surface area contributed by atoms with Gasteiger partial charge in [0.1, 0.15) is 0 Å². The highest BCUT2D eigenvalue weighted by Gasteiger charge is 2.39. The minimum absolute atomic E-state index is 0.00311. The van der Waals surface area contributed by atoms with Crippen LogP contribution in [-0.4, -0.2) is 11.4 Å². The van der Waals surface area contributed by atoms with Crippen LogP contribution in [0.2, 0.25) is 5.02 Å². The molecule has 0 fully saturated rings. The van der Waals surface area contributed by atoms with E-state index >= 15 is 0 Å². The van der Waals surface area contributed by atoms with E-state index in [1.54, 1.807) is 0 Å². The van der Waals surface area contributed by atoms with Gasteiger partial charge in [0.15, 0.2) is 0 Å². The van der Waals surface area contributed by atoms with Crippen LogP contribution in [0.1, 0.15) is 19.4 Å². The van der Waals surface area contributed by atoms with E-state index in [9.17, 15) is 4.79 Å². The van der Waals surface area contributed by atoms with E-state index in [1.165, 1.54) is 11.1 Å². The van der Waals surface area contributed by atoms with Gasteiger partial charge in [-0.3, -0.25) is 4.79 Å². The fourth-order valence-electron chi connectivity index (χ4n) is 3.39. The third kappa shape index (κ3) is 2.68. The second-order valence-corrected chi connectivity index (χ2v) is 7.48. The third-order valence-electron chi connectivity index (χ3n) is 4.54. The van der Waals surface area contributed by atoms with Gasteiger partial charge in [-0.2, -0.15) is 0 Å². The Morgan fingerprint density at radius 2 is 1.96 bits per heavy atom. The molecule has 1 amide bonds. The SMILES string of the molecule is CC(C)(Cc1ccc(Cl)cc1)NC(=O)C1=CC=C2C1=CC1=CC12. The summed E-state index contributed by atoms with van der Waals surface area (Å²) in [5.41, 5.74) is 5.36. The molecule has 116 valence electrons. The minimum Gasteiger partial charge on any atom is -0.347 e. The molecule has 1 aromatic rings. The zero-order valence-corrected chi connectivity index (χ0v) is 13.9. The molecule has 3 aliphatic rings. The van der Waals surface area contributed by atoms with Crippen molar-refractivity contribution in [2.24, 2.45) is 5.92 Å². The van der Waals surface area contributed by atoms with Gasteiger partial charge in [-0.05, 0) is 66.8 Å². The van der Waals surface area contributed by atoms with E-state index < -0.39 is 0 Å². The van der Waals surface area contributed by atoms with Crippen LogP contribution < -0.4 is 5.32 Å². The second-order valence-electron chi connectivity index (χ2n) is 7.05. The van der Waals surface area contributed by atoms with Crippen LogP contribution in [0.5, 0.6) is 0 Å². The molecule has 0 aliphatic heterocycles. The molecule has 3 aliphatic carbocycles. The summed E-state index contributed by atoms with van der Waals surface area (Å²) in [5.74, 6) is 0.483. The first-order valence-electron chi connectivity index (χ1n) is 7.86. The number of amides is 1. The van der Waals surface area contributed by atoms with E-state index in [4.69, 9.17) is 11.6 Å². The van der Waals surface area contributed by atoms with Crippen LogP contribution in [0.4, 0.5) is 0 Å². The molecule has 0 radical (unpaired) electrons. The van der Waals surface area contributed by atoms with E-state index in [-0.39, 0.29) is 11.4 Å². The van der Waals surface area contributed by atoms with Crippen molar-refractivity contribution in [2.75, 3.05) is 0 Å². The van der Waals surface area contributed by atoms with Crippen molar-refractivity contribution >= 4 is 17.5 Å². The predicted molar refractivity (Wildman–Crippen MR) is 93.2 cm³/mol. The van der Waals surface area contributed by atoms with Gasteiger partial charge in [0, 0.05) is 22.1 Å². The van der Waals surface area contributed by atoms with Crippen LogP contribution >= 0.6 is 11.6 Å². The number of benzene rings is 1. The van der Waals surface area contributed by atoms with Crippen LogP contribution in [0.3, 0.4) is 0 Å². The Hall–Kier alpha value is -2.06. The largest absolute Gasteiger partial charge is 0.347 e. The van der Waals surface area contributed by atoms with Gasteiger partial charge >= 0.3 is 0 Å². The fourth-order valence-corrected chi connectivity index (χ4v) is 3.51. The Labute approximate surface area is 141 Å². The molecule has 0 heterocycles. The summed E-state index contributed by atoms with van der Waals surface area (Å²) >= 11 is 5.93. The smallest absolute Gasteiger partial charge is 0.252 e. The average molecular weight is 324 g/mol. The summed E-state index contributed by atoms with van der Waals surface area (Å²) in [5, 5.41) is 3.90. The Morgan fingerprint density at radius 1 is 1.22 bits per heavy atom. The van der Waals surface area contributed by atoms with Crippen molar-refractivity contribution in [1.82, 2.24) is 5.32 Å². The number of halogens is 1. The first-order valence-corrected chi connectivity index (χ1v) is 8.24. The summed E-state index contributed by atoms with van der Waals surface area (Å²) < 4.78 is 0. The number of allylic oxidation sites excluding steroid dienone is 6. The number of fused-ring (bicyclic) bond motifs is 3. The Balaban J connectivity index is 1.45. The highest BCUT2D eigenvalue weighted by molar-refractivity contribution is 6.30. The minimum atomic E-state index is -0.324. The Kier molecular flexibility index (Phi) is 3.14. The van der Waals surface area contributed by atoms with Crippen molar-refractivity contribution in [1.29, 1.82) is 0 Å². The predicted octanol–water partition coefficient (Wildman–Crippen LogP) is 4.14. The second kappa shape index (κ2) is 4.97. The van der Waals surface area contributed by atoms with Crippen molar-refractivity contribution in [3.05, 3.63) is 81.4 Å². The summed E-state index contributed by atoms with van der Waals surface area (Å²) in [6.07, 6.45) is 9.15. The molecule has 0 spiro atoms. The fraction of sp³-hybridized carbons (Fsp3) is 0.250. The molecule has 1 unspecified atom stereocenters. The van der Waals surface area contributed by atoms with Gasteiger partial charge in [-0.25, -0.2) is 0 Å². The monoisotopic (exact) mass is 323 g/mol. The van der Waals surface area contributed by atoms with Gasteiger partial charge < -0.3 is 5.32 Å². The Morgan fingerprint density at radius 3 is 2.70 bits per heavy atom. The molecule has 2 nitrogen and oxygen atoms in total. The zero-order chi connectivity index (χ0) is 16.2. The number of hydrogen-bond donors (Lipinski definition) is 1. The normalized spacial score (nSPS) is 20.9. The van der Waals surface area contributed by atoms with Gasteiger partial charge in [0.2, 0.25) is 0 Å². The lowest BCUT2D eigenvalue weighted by Crippen LogP contribution is -2.45. The van der Waals surface area contributed by atoms with Crippen molar-refractivity contribution < 1.29 is 4.79 Å².